The second kappa shape index (κ2) is 4.02. The molecule has 0 aromatic carbocycles. The van der Waals surface area contributed by atoms with Crippen LogP contribution in [0.5, 0.6) is 0 Å². The summed E-state index contributed by atoms with van der Waals surface area (Å²) in [4.78, 5) is 0. The Kier molecular flexibility index (Phi) is 4.04. The Morgan fingerprint density at radius 1 is 2.00 bits per heavy atom. The van der Waals surface area contributed by atoms with Crippen LogP contribution < -0.4 is 11.3 Å². The second-order valence-corrected chi connectivity index (χ2v) is 1.07. The lowest BCUT2D eigenvalue weighted by Gasteiger charge is -1.75. The maximum atomic E-state index is 9.36. The summed E-state index contributed by atoms with van der Waals surface area (Å²) < 4.78 is 9.36. The standard InChI is InChI=1S/CH5N2OP/c2-3-1-5-4/h3H,1-2H2. The number of hydrogen-bond acceptors (Lipinski definition) is 3. The first-order valence-electron chi connectivity index (χ1n) is 1.14. The number of nitrogens with one attached hydrogen (secondary N) is 1. The Bertz CT molecular complexity index is 30.8. The summed E-state index contributed by atoms with van der Waals surface area (Å²) in [5.41, 5.74) is 2.19. The van der Waals surface area contributed by atoms with Crippen LogP contribution in [0.25, 0.3) is 0 Å². The van der Waals surface area contributed by atoms with E-state index >= 15 is 0 Å². The van der Waals surface area contributed by atoms with E-state index in [0.29, 0.717) is 6.29 Å². The van der Waals surface area contributed by atoms with Gasteiger partial charge in [-0.25, -0.2) is 5.43 Å². The van der Waals surface area contributed by atoms with Gasteiger partial charge in [-0.3, -0.25) is 10.4 Å². The van der Waals surface area contributed by atoms with Gasteiger partial charge in [0.15, 0.2) is 8.46 Å². The molecule has 0 aliphatic rings. The molecule has 0 radical (unpaired) electrons. The van der Waals surface area contributed by atoms with Crippen molar-refractivity contribution >= 4 is 8.46 Å². The molecule has 0 rings (SSSR count). The highest BCUT2D eigenvalue weighted by atomic mass is 31.1. The average molecular weight is 92.0 g/mol. The fourth-order valence-corrected chi connectivity index (χ4v) is 0.112. The zero-order chi connectivity index (χ0) is 4.12. The molecular weight excluding hydrogens is 87.0 g/mol. The SMILES string of the molecule is NNCP=O. The minimum absolute atomic E-state index is 0.0436. The van der Waals surface area contributed by atoms with Crippen LogP contribution >= 0.6 is 8.46 Å². The highest BCUT2D eigenvalue weighted by Gasteiger charge is 1.65. The van der Waals surface area contributed by atoms with Crippen molar-refractivity contribution in [2.24, 2.45) is 5.84 Å². The fourth-order valence-electron chi connectivity index (χ4n) is 0.0373. The highest BCUT2D eigenvalue weighted by molar-refractivity contribution is 7.23. The number of hydrogen-bond donors (Lipinski definition) is 2. The van der Waals surface area contributed by atoms with E-state index in [1.54, 1.807) is 0 Å². The van der Waals surface area contributed by atoms with Gasteiger partial charge in [0.05, 0.1) is 6.29 Å². The molecule has 0 bridgehead atoms. The molecule has 3 nitrogen and oxygen atoms in total. The van der Waals surface area contributed by atoms with Crippen molar-refractivity contribution in [2.45, 2.75) is 0 Å². The molecule has 30 valence electrons. The quantitative estimate of drug-likeness (QED) is 0.279. The normalized spacial score (nSPS) is 9.00. The first kappa shape index (κ1) is 5.02. The van der Waals surface area contributed by atoms with E-state index < -0.39 is 0 Å². The van der Waals surface area contributed by atoms with Gasteiger partial charge in [0.2, 0.25) is 0 Å². The van der Waals surface area contributed by atoms with Gasteiger partial charge in [0.25, 0.3) is 0 Å². The van der Waals surface area contributed by atoms with Gasteiger partial charge >= 0.3 is 0 Å². The lowest BCUT2D eigenvalue weighted by Crippen LogP contribution is -2.18. The van der Waals surface area contributed by atoms with Crippen molar-refractivity contribution in [3.05, 3.63) is 0 Å². The molecule has 0 fully saturated rings. The zero-order valence-corrected chi connectivity index (χ0v) is 3.53. The first-order chi connectivity index (χ1) is 2.41. The third-order valence-corrected chi connectivity index (χ3v) is 0.468. The number of rotatable bonds is 2. The van der Waals surface area contributed by atoms with Gasteiger partial charge in [-0.2, -0.15) is 0 Å². The van der Waals surface area contributed by atoms with E-state index in [0.717, 1.165) is 0 Å². The monoisotopic (exact) mass is 92.0 g/mol. The van der Waals surface area contributed by atoms with Gasteiger partial charge in [-0.15, -0.1) is 0 Å². The smallest absolute Gasteiger partial charge is 0.172 e. The molecule has 4 heteroatoms. The third kappa shape index (κ3) is 4.02. The Balaban J connectivity index is 2.40. The number of hydrazine groups is 1. The van der Waals surface area contributed by atoms with E-state index in [9.17, 15) is 4.57 Å². The zero-order valence-electron chi connectivity index (χ0n) is 2.64. The summed E-state index contributed by atoms with van der Waals surface area (Å²) in [6.07, 6.45) is 0.333. The second-order valence-electron chi connectivity index (χ2n) is 0.491. The molecule has 0 heterocycles. The largest absolute Gasteiger partial charge is 0.274 e. The maximum absolute atomic E-state index is 9.36. The third-order valence-electron chi connectivity index (χ3n) is 0.156. The van der Waals surface area contributed by atoms with Crippen LogP contribution in [0.3, 0.4) is 0 Å². The Hall–Kier alpha value is 0.0200. The van der Waals surface area contributed by atoms with E-state index in [1.807, 2.05) is 0 Å². The summed E-state index contributed by atoms with van der Waals surface area (Å²) in [5.74, 6) is 4.68. The van der Waals surface area contributed by atoms with Crippen LogP contribution in [-0.2, 0) is 4.57 Å². The van der Waals surface area contributed by atoms with Crippen LogP contribution in [0.15, 0.2) is 0 Å². The van der Waals surface area contributed by atoms with Gasteiger partial charge < -0.3 is 0 Å². The van der Waals surface area contributed by atoms with E-state index in [2.05, 4.69) is 11.3 Å². The molecule has 0 aromatic rings. The molecule has 5 heavy (non-hydrogen) atoms. The molecule has 0 saturated carbocycles. The van der Waals surface area contributed by atoms with E-state index in [-0.39, 0.29) is 8.46 Å². The summed E-state index contributed by atoms with van der Waals surface area (Å²) in [7, 11) is 0.0436. The van der Waals surface area contributed by atoms with Crippen molar-refractivity contribution in [3.8, 4) is 0 Å². The minimum Gasteiger partial charge on any atom is -0.274 e. The summed E-state index contributed by atoms with van der Waals surface area (Å²) in [6, 6.07) is 0. The molecule has 0 saturated heterocycles. The lowest BCUT2D eigenvalue weighted by atomic mass is 11.5. The molecule has 0 spiro atoms. The molecule has 0 amide bonds. The van der Waals surface area contributed by atoms with E-state index in [4.69, 9.17) is 0 Å². The van der Waals surface area contributed by atoms with Crippen molar-refractivity contribution < 1.29 is 4.57 Å². The number of nitrogens with two attached hydrogens (primary N) is 1. The Morgan fingerprint density at radius 2 is 2.60 bits per heavy atom. The molecule has 0 atom stereocenters. The highest BCUT2D eigenvalue weighted by Crippen LogP contribution is 1.78. The minimum atomic E-state index is 0.0436. The summed E-state index contributed by atoms with van der Waals surface area (Å²) >= 11 is 0. The molecule has 3 N–H and O–H groups in total. The first-order valence-corrected chi connectivity index (χ1v) is 2.14. The average Bonchev–Trinajstić information content (AvgIpc) is 1.41. The van der Waals surface area contributed by atoms with Crippen LogP contribution in [-0.4, -0.2) is 6.29 Å². The predicted octanol–water partition coefficient (Wildman–Crippen LogP) is -0.301. The molecular formula is CH5N2OP. The van der Waals surface area contributed by atoms with E-state index in [1.165, 1.54) is 0 Å². The van der Waals surface area contributed by atoms with Crippen molar-refractivity contribution in [1.82, 2.24) is 5.43 Å². The van der Waals surface area contributed by atoms with Crippen molar-refractivity contribution in [3.63, 3.8) is 0 Å². The van der Waals surface area contributed by atoms with Crippen molar-refractivity contribution in [1.29, 1.82) is 0 Å². The Labute approximate surface area is 31.7 Å². The summed E-state index contributed by atoms with van der Waals surface area (Å²) in [6.45, 7) is 0. The van der Waals surface area contributed by atoms with Gasteiger partial charge in [-0.05, 0) is 0 Å². The lowest BCUT2D eigenvalue weighted by molar-refractivity contribution is 0.595. The topological polar surface area (TPSA) is 55.1 Å². The van der Waals surface area contributed by atoms with Crippen LogP contribution in [0.4, 0.5) is 0 Å². The van der Waals surface area contributed by atoms with Gasteiger partial charge in [0.1, 0.15) is 0 Å². The van der Waals surface area contributed by atoms with Gasteiger partial charge in [-0.1, -0.05) is 0 Å². The molecule has 0 unspecified atom stereocenters. The molecule has 0 aliphatic carbocycles. The molecule has 0 aliphatic heterocycles. The van der Waals surface area contributed by atoms with Crippen LogP contribution in [0, 0.1) is 0 Å². The fraction of sp³-hybridized carbons (Fsp3) is 1.00. The Morgan fingerprint density at radius 3 is 2.60 bits per heavy atom. The summed E-state index contributed by atoms with van der Waals surface area (Å²) in [5, 5.41) is 0. The molecule has 0 aromatic heterocycles. The van der Waals surface area contributed by atoms with Crippen molar-refractivity contribution in [2.75, 3.05) is 6.29 Å². The predicted molar refractivity (Wildman–Crippen MR) is 19.8 cm³/mol. The maximum Gasteiger partial charge on any atom is 0.172 e. The van der Waals surface area contributed by atoms with Crippen LogP contribution in [0.1, 0.15) is 0 Å². The van der Waals surface area contributed by atoms with Crippen LogP contribution in [0.2, 0.25) is 0 Å². The van der Waals surface area contributed by atoms with Gasteiger partial charge in [0, 0.05) is 0 Å².